The molecule has 0 saturated carbocycles. The Kier molecular flexibility index (Phi) is 5.12. The third-order valence-corrected chi connectivity index (χ3v) is 6.15. The van der Waals surface area contributed by atoms with E-state index in [2.05, 4.69) is 9.97 Å². The lowest BCUT2D eigenvalue weighted by Gasteiger charge is -2.23. The third-order valence-electron chi connectivity index (χ3n) is 4.90. The maximum Gasteiger partial charge on any atom is 0.301 e. The van der Waals surface area contributed by atoms with E-state index in [1.54, 1.807) is 19.1 Å². The highest BCUT2D eigenvalue weighted by Crippen LogP contribution is 2.44. The van der Waals surface area contributed by atoms with Crippen LogP contribution >= 0.6 is 11.3 Å². The van der Waals surface area contributed by atoms with E-state index in [0.29, 0.717) is 21.7 Å². The van der Waals surface area contributed by atoms with Crippen molar-refractivity contribution in [3.8, 4) is 5.75 Å². The zero-order chi connectivity index (χ0) is 22.3. The van der Waals surface area contributed by atoms with Crippen LogP contribution in [-0.2, 0) is 9.59 Å². The van der Waals surface area contributed by atoms with Crippen LogP contribution in [0.1, 0.15) is 39.5 Å². The van der Waals surface area contributed by atoms with Gasteiger partial charge in [0.25, 0.3) is 5.78 Å². The molecule has 3 heterocycles. The van der Waals surface area contributed by atoms with E-state index < -0.39 is 17.7 Å². The Bertz CT molecular complexity index is 1250. The smallest absolute Gasteiger partial charge is 0.301 e. The molecule has 2 N–H and O–H groups in total. The van der Waals surface area contributed by atoms with Crippen LogP contribution in [0.2, 0.25) is 0 Å². The van der Waals surface area contributed by atoms with Crippen molar-refractivity contribution in [2.75, 3.05) is 4.90 Å². The molecule has 1 saturated heterocycles. The maximum atomic E-state index is 13.0. The lowest BCUT2D eigenvalue weighted by Crippen LogP contribution is -2.29. The number of aromatic nitrogens is 2. The fourth-order valence-electron chi connectivity index (χ4n) is 3.52. The zero-order valence-corrected chi connectivity index (χ0v) is 17.4. The Morgan fingerprint density at radius 2 is 1.87 bits per heavy atom. The number of amides is 1. The molecule has 1 aliphatic heterocycles. The molecule has 156 valence electrons. The first-order chi connectivity index (χ1) is 14.8. The molecule has 1 unspecified atom stereocenters. The predicted molar refractivity (Wildman–Crippen MR) is 114 cm³/mol. The topological polar surface area (TPSA) is 121 Å². The standard InChI is InChI=1S/C22H17N3O5S/c1-11-20(12(2)26)31-22(24-11)25-17(14-4-3-5-15(27)10-14)16(19(29)21(25)30)18(28)13-6-8-23-9-7-13/h3-10,17,27-28H,1-2H3. The lowest BCUT2D eigenvalue weighted by atomic mass is 9.95. The minimum atomic E-state index is -1.04. The molecule has 8 nitrogen and oxygen atoms in total. The number of rotatable bonds is 4. The summed E-state index contributed by atoms with van der Waals surface area (Å²) >= 11 is 0.998. The monoisotopic (exact) mass is 435 g/mol. The number of aliphatic hydroxyl groups is 1. The van der Waals surface area contributed by atoms with Crippen LogP contribution in [0.3, 0.4) is 0 Å². The molecule has 1 amide bonds. The van der Waals surface area contributed by atoms with Crippen molar-refractivity contribution in [2.45, 2.75) is 19.9 Å². The summed E-state index contributed by atoms with van der Waals surface area (Å²) in [6.45, 7) is 3.04. The van der Waals surface area contributed by atoms with Gasteiger partial charge in [0.15, 0.2) is 10.9 Å². The van der Waals surface area contributed by atoms with Crippen molar-refractivity contribution >= 4 is 39.7 Å². The summed E-state index contributed by atoms with van der Waals surface area (Å²) in [5.41, 5.74) is 1.03. The molecule has 9 heteroatoms. The minimum absolute atomic E-state index is 0.0632. The summed E-state index contributed by atoms with van der Waals surface area (Å²) in [6, 6.07) is 8.08. The number of carbonyl (C=O) groups is 3. The largest absolute Gasteiger partial charge is 0.508 e. The number of pyridine rings is 1. The molecule has 0 radical (unpaired) electrons. The Morgan fingerprint density at radius 3 is 2.48 bits per heavy atom. The summed E-state index contributed by atoms with van der Waals surface area (Å²) in [7, 11) is 0. The number of hydrogen-bond acceptors (Lipinski definition) is 8. The second-order valence-corrected chi connectivity index (χ2v) is 7.94. The molecule has 0 aliphatic carbocycles. The summed E-state index contributed by atoms with van der Waals surface area (Å²) in [5.74, 6) is -2.40. The molecule has 0 spiro atoms. The lowest BCUT2D eigenvalue weighted by molar-refractivity contribution is -0.132. The van der Waals surface area contributed by atoms with Crippen LogP contribution in [0.4, 0.5) is 5.13 Å². The van der Waals surface area contributed by atoms with Gasteiger partial charge in [0, 0.05) is 24.9 Å². The summed E-state index contributed by atoms with van der Waals surface area (Å²) in [5, 5.41) is 21.1. The number of nitrogens with zero attached hydrogens (tertiary/aromatic N) is 3. The normalized spacial score (nSPS) is 17.9. The molecule has 4 rings (SSSR count). The van der Waals surface area contributed by atoms with Gasteiger partial charge in [-0.2, -0.15) is 0 Å². The molecule has 1 aliphatic rings. The first kappa shape index (κ1) is 20.4. The number of phenolic OH excluding ortho intramolecular Hbond substituents is 1. The van der Waals surface area contributed by atoms with Crippen molar-refractivity contribution in [1.82, 2.24) is 9.97 Å². The molecule has 1 aromatic carbocycles. The second-order valence-electron chi connectivity index (χ2n) is 6.97. The van der Waals surface area contributed by atoms with Gasteiger partial charge >= 0.3 is 5.91 Å². The number of Topliss-reactive ketones (excluding diaryl/α,β-unsaturated/α-hetero) is 2. The van der Waals surface area contributed by atoms with Gasteiger partial charge in [-0.3, -0.25) is 24.3 Å². The number of thiazole rings is 1. The van der Waals surface area contributed by atoms with Crippen LogP contribution in [-0.4, -0.2) is 37.7 Å². The van der Waals surface area contributed by atoms with Gasteiger partial charge in [-0.15, -0.1) is 0 Å². The highest BCUT2D eigenvalue weighted by molar-refractivity contribution is 7.18. The van der Waals surface area contributed by atoms with Crippen LogP contribution in [0.5, 0.6) is 5.75 Å². The van der Waals surface area contributed by atoms with Gasteiger partial charge in [0.05, 0.1) is 22.2 Å². The quantitative estimate of drug-likeness (QED) is 0.279. The second kappa shape index (κ2) is 7.77. The molecule has 31 heavy (non-hydrogen) atoms. The van der Waals surface area contributed by atoms with Gasteiger partial charge in [-0.1, -0.05) is 23.5 Å². The number of carbonyl (C=O) groups excluding carboxylic acids is 3. The molecule has 0 bridgehead atoms. The highest BCUT2D eigenvalue weighted by Gasteiger charge is 2.48. The summed E-state index contributed by atoms with van der Waals surface area (Å²) in [6.07, 6.45) is 2.91. The van der Waals surface area contributed by atoms with E-state index in [1.165, 1.54) is 43.6 Å². The van der Waals surface area contributed by atoms with Crippen molar-refractivity contribution in [3.63, 3.8) is 0 Å². The van der Waals surface area contributed by atoms with E-state index in [4.69, 9.17) is 0 Å². The van der Waals surface area contributed by atoms with Crippen LogP contribution in [0.25, 0.3) is 5.76 Å². The Hall–Kier alpha value is -3.85. The van der Waals surface area contributed by atoms with E-state index in [1.807, 2.05) is 0 Å². The fraction of sp³-hybridized carbons (Fsp3) is 0.136. The number of benzene rings is 1. The predicted octanol–water partition coefficient (Wildman–Crippen LogP) is 3.38. The number of hydrogen-bond donors (Lipinski definition) is 2. The van der Waals surface area contributed by atoms with Gasteiger partial charge in [-0.05, 0) is 36.8 Å². The molecule has 2 aromatic heterocycles. The highest BCUT2D eigenvalue weighted by atomic mass is 32.1. The zero-order valence-electron chi connectivity index (χ0n) is 16.6. The molecule has 1 fully saturated rings. The summed E-state index contributed by atoms with van der Waals surface area (Å²) < 4.78 is 0. The molecular weight excluding hydrogens is 418 g/mol. The minimum Gasteiger partial charge on any atom is -0.508 e. The third kappa shape index (κ3) is 3.49. The van der Waals surface area contributed by atoms with E-state index in [-0.39, 0.29) is 28.0 Å². The molecule has 3 aromatic rings. The van der Waals surface area contributed by atoms with Crippen molar-refractivity contribution < 1.29 is 24.6 Å². The van der Waals surface area contributed by atoms with Gasteiger partial charge in [0.2, 0.25) is 0 Å². The van der Waals surface area contributed by atoms with E-state index in [0.717, 1.165) is 16.2 Å². The first-order valence-electron chi connectivity index (χ1n) is 9.28. The van der Waals surface area contributed by atoms with Gasteiger partial charge in [-0.25, -0.2) is 4.98 Å². The van der Waals surface area contributed by atoms with E-state index >= 15 is 0 Å². The molecule has 1 atom stereocenters. The number of anilines is 1. The number of aliphatic hydroxyl groups excluding tert-OH is 1. The van der Waals surface area contributed by atoms with Crippen molar-refractivity contribution in [1.29, 1.82) is 0 Å². The first-order valence-corrected chi connectivity index (χ1v) is 10.1. The van der Waals surface area contributed by atoms with Crippen LogP contribution in [0, 0.1) is 6.92 Å². The molecular formula is C22H17N3O5S. The SMILES string of the molecule is CC(=O)c1sc(N2C(=O)C(=O)C(=C(O)c3ccncc3)C2c2cccc(O)c2)nc1C. The number of aromatic hydroxyl groups is 1. The fourth-order valence-corrected chi connectivity index (χ4v) is 4.51. The number of ketones is 2. The Balaban J connectivity index is 1.96. The Labute approximate surface area is 181 Å². The van der Waals surface area contributed by atoms with Crippen LogP contribution in [0.15, 0.2) is 54.4 Å². The van der Waals surface area contributed by atoms with Gasteiger partial charge in [0.1, 0.15) is 11.5 Å². The summed E-state index contributed by atoms with van der Waals surface area (Å²) in [4.78, 5) is 47.7. The van der Waals surface area contributed by atoms with E-state index in [9.17, 15) is 24.6 Å². The average molecular weight is 435 g/mol. The maximum absolute atomic E-state index is 13.0. The average Bonchev–Trinajstić information content (AvgIpc) is 3.26. The number of aryl methyl sites for hydroxylation is 1. The van der Waals surface area contributed by atoms with Crippen molar-refractivity contribution in [2.24, 2.45) is 0 Å². The van der Waals surface area contributed by atoms with Crippen LogP contribution < -0.4 is 4.90 Å². The number of phenols is 1. The van der Waals surface area contributed by atoms with Gasteiger partial charge < -0.3 is 10.2 Å². The van der Waals surface area contributed by atoms with Crippen molar-refractivity contribution in [3.05, 3.63) is 76.1 Å². The Morgan fingerprint density at radius 1 is 1.16 bits per heavy atom.